The molecule has 0 fully saturated rings. The summed E-state index contributed by atoms with van der Waals surface area (Å²) in [4.78, 5) is 9.26. The second kappa shape index (κ2) is 6.15. The van der Waals surface area contributed by atoms with Crippen LogP contribution in [0.5, 0.6) is 0 Å². The van der Waals surface area contributed by atoms with Gasteiger partial charge in [0.15, 0.2) is 6.23 Å². The van der Waals surface area contributed by atoms with E-state index in [1.807, 2.05) is 30.3 Å². The first-order valence-corrected chi connectivity index (χ1v) is 4.38. The maximum atomic E-state index is 9.26. The van der Waals surface area contributed by atoms with Gasteiger partial charge < -0.3 is 15.0 Å². The van der Waals surface area contributed by atoms with Gasteiger partial charge in [0.2, 0.25) is 6.33 Å². The molecule has 0 bridgehead atoms. The van der Waals surface area contributed by atoms with Crippen LogP contribution in [0, 0.1) is 0 Å². The minimum absolute atomic E-state index is 0.111. The van der Waals surface area contributed by atoms with Crippen LogP contribution in [-0.4, -0.2) is 15.6 Å². The largest absolute Gasteiger partial charge is 0.550 e. The summed E-state index contributed by atoms with van der Waals surface area (Å²) in [7, 11) is 1.92. The van der Waals surface area contributed by atoms with Crippen molar-refractivity contribution in [2.24, 2.45) is 7.05 Å². The van der Waals surface area contributed by atoms with Crippen molar-refractivity contribution < 1.29 is 19.6 Å². The van der Waals surface area contributed by atoms with Crippen molar-refractivity contribution in [3.8, 4) is 0 Å². The number of imidazole rings is 1. The van der Waals surface area contributed by atoms with E-state index < -0.39 is 12.2 Å². The van der Waals surface area contributed by atoms with E-state index in [0.29, 0.717) is 0 Å². The molecule has 0 aromatic carbocycles. The zero-order chi connectivity index (χ0) is 11.1. The maximum Gasteiger partial charge on any atom is 0.245 e. The average molecular weight is 200 g/mol. The molecule has 0 saturated heterocycles. The zero-order valence-corrected chi connectivity index (χ0v) is 8.67. The molecule has 1 heterocycles. The fourth-order valence-corrected chi connectivity index (χ4v) is 0.690. The summed E-state index contributed by atoms with van der Waals surface area (Å²) in [6, 6.07) is 0. The summed E-state index contributed by atoms with van der Waals surface area (Å²) < 4.78 is 3.60. The first-order chi connectivity index (χ1) is 6.47. The van der Waals surface area contributed by atoms with E-state index in [0.717, 1.165) is 0 Å². The molecule has 0 aliphatic carbocycles. The number of carboxylic acids is 1. The van der Waals surface area contributed by atoms with E-state index >= 15 is 0 Å². The summed E-state index contributed by atoms with van der Waals surface area (Å²) in [5.41, 5.74) is 0. The zero-order valence-electron chi connectivity index (χ0n) is 8.67. The molecule has 0 aliphatic heterocycles. The molecule has 0 saturated carbocycles. The monoisotopic (exact) mass is 200 g/mol. The topological polar surface area (TPSA) is 69.2 Å². The van der Waals surface area contributed by atoms with Crippen molar-refractivity contribution in [2.75, 3.05) is 0 Å². The van der Waals surface area contributed by atoms with Gasteiger partial charge in [-0.1, -0.05) is 6.92 Å². The number of hydrogen-bond donors (Lipinski definition) is 1. The van der Waals surface area contributed by atoms with Gasteiger partial charge in [0.05, 0.1) is 7.05 Å². The minimum atomic E-state index is -0.995. The number of aryl methyl sites for hydroxylation is 1. The Hall–Kier alpha value is -1.36. The first-order valence-electron chi connectivity index (χ1n) is 4.38. The fourth-order valence-electron chi connectivity index (χ4n) is 0.690. The molecule has 1 N–H and O–H groups in total. The Labute approximate surface area is 83.2 Å². The van der Waals surface area contributed by atoms with Gasteiger partial charge in [-0.15, -0.1) is 0 Å². The Kier molecular flexibility index (Phi) is 5.55. The van der Waals surface area contributed by atoms with E-state index in [2.05, 4.69) is 0 Å². The van der Waals surface area contributed by atoms with Crippen molar-refractivity contribution in [3.05, 3.63) is 18.7 Å². The molecule has 80 valence electrons. The minimum Gasteiger partial charge on any atom is -0.550 e. The Bertz CT molecular complexity index is 281. The Morgan fingerprint density at radius 3 is 2.36 bits per heavy atom. The molecule has 5 nitrogen and oxygen atoms in total. The molecule has 0 aliphatic rings. The highest BCUT2D eigenvalue weighted by atomic mass is 16.4. The van der Waals surface area contributed by atoms with Crippen molar-refractivity contribution in [1.29, 1.82) is 0 Å². The molecule has 1 rings (SSSR count). The van der Waals surface area contributed by atoms with Crippen LogP contribution in [0.25, 0.3) is 0 Å². The number of rotatable bonds is 2. The average Bonchev–Trinajstić information content (AvgIpc) is 2.53. The lowest BCUT2D eigenvalue weighted by Gasteiger charge is -1.94. The van der Waals surface area contributed by atoms with Gasteiger partial charge >= 0.3 is 0 Å². The molecule has 0 amide bonds. The second-order valence-electron chi connectivity index (χ2n) is 2.88. The van der Waals surface area contributed by atoms with Gasteiger partial charge in [0, 0.05) is 12.9 Å². The summed E-state index contributed by atoms with van der Waals surface area (Å²) in [5, 5.41) is 18.2. The quantitative estimate of drug-likeness (QED) is 0.621. The number of aromatic nitrogens is 2. The van der Waals surface area contributed by atoms with Gasteiger partial charge in [-0.25, -0.2) is 9.13 Å². The lowest BCUT2D eigenvalue weighted by Crippen LogP contribution is -2.34. The number of nitrogens with zero attached hydrogens (tertiary/aromatic N) is 2. The van der Waals surface area contributed by atoms with E-state index in [1.165, 1.54) is 6.92 Å². The van der Waals surface area contributed by atoms with E-state index in [1.54, 1.807) is 11.5 Å². The normalized spacial score (nSPS) is 11.4. The smallest absolute Gasteiger partial charge is 0.245 e. The predicted octanol–water partition coefficient (Wildman–Crippen LogP) is -1.03. The molecular formula is C9H16N2O3. The molecule has 1 aromatic rings. The third kappa shape index (κ3) is 5.31. The lowest BCUT2D eigenvalue weighted by molar-refractivity contribution is -0.755. The van der Waals surface area contributed by atoms with Gasteiger partial charge in [0.1, 0.15) is 12.4 Å². The molecular weight excluding hydrogens is 184 g/mol. The Balaban J connectivity index is 0.000000292. The summed E-state index contributed by atoms with van der Waals surface area (Å²) in [5.74, 6) is -0.995. The second-order valence-corrected chi connectivity index (χ2v) is 2.88. The third-order valence-electron chi connectivity index (χ3n) is 1.51. The molecule has 1 aromatic heterocycles. The number of carboxylic acid groups (broad SMARTS) is 1. The first kappa shape index (κ1) is 12.6. The highest BCUT2D eigenvalue weighted by molar-refractivity contribution is 5.63. The standard InChI is InChI=1S/C6H11N2O.C3H6O2/c1-6(9)8-4-3-7(2)5-8;1-2-3(4)5/h3-6,9H,1-2H3;2H2,1H3,(H,4,5)/q+1;/p-1. The number of aliphatic hydroxyl groups excluding tert-OH is 1. The van der Waals surface area contributed by atoms with Crippen LogP contribution < -0.4 is 9.67 Å². The van der Waals surface area contributed by atoms with Crippen LogP contribution in [0.2, 0.25) is 0 Å². The van der Waals surface area contributed by atoms with Gasteiger partial charge in [-0.2, -0.15) is 0 Å². The van der Waals surface area contributed by atoms with Gasteiger partial charge in [0.25, 0.3) is 0 Å². The highest BCUT2D eigenvalue weighted by Gasteiger charge is 2.03. The van der Waals surface area contributed by atoms with Gasteiger partial charge in [-0.05, 0) is 6.42 Å². The lowest BCUT2D eigenvalue weighted by atomic mass is 10.5. The molecule has 5 heteroatoms. The Morgan fingerprint density at radius 1 is 1.71 bits per heavy atom. The van der Waals surface area contributed by atoms with Crippen molar-refractivity contribution in [1.82, 2.24) is 4.57 Å². The van der Waals surface area contributed by atoms with Crippen molar-refractivity contribution in [2.45, 2.75) is 26.5 Å². The van der Waals surface area contributed by atoms with E-state index in [4.69, 9.17) is 5.11 Å². The number of carbonyl (C=O) groups is 1. The third-order valence-corrected chi connectivity index (χ3v) is 1.51. The van der Waals surface area contributed by atoms with Crippen LogP contribution in [0.4, 0.5) is 0 Å². The molecule has 14 heavy (non-hydrogen) atoms. The molecule has 0 spiro atoms. The van der Waals surface area contributed by atoms with Gasteiger partial charge in [-0.3, -0.25) is 0 Å². The number of aliphatic hydroxyl groups is 1. The van der Waals surface area contributed by atoms with E-state index in [9.17, 15) is 9.90 Å². The number of hydrogen-bond acceptors (Lipinski definition) is 3. The molecule has 0 radical (unpaired) electrons. The van der Waals surface area contributed by atoms with Crippen LogP contribution in [0.15, 0.2) is 18.7 Å². The fraction of sp³-hybridized carbons (Fsp3) is 0.556. The predicted molar refractivity (Wildman–Crippen MR) is 47.8 cm³/mol. The number of aliphatic carboxylic acids is 1. The van der Waals surface area contributed by atoms with Crippen LogP contribution >= 0.6 is 0 Å². The molecule has 1 unspecified atom stereocenters. The highest BCUT2D eigenvalue weighted by Crippen LogP contribution is 1.85. The SMILES string of the molecule is CC(O)[n+]1ccn(C)c1.CCC(=O)[O-]. The summed E-state index contributed by atoms with van der Waals surface area (Å²) in [6.07, 6.45) is 5.22. The van der Waals surface area contributed by atoms with Crippen LogP contribution in [-0.2, 0) is 11.8 Å². The van der Waals surface area contributed by atoms with Crippen molar-refractivity contribution in [3.63, 3.8) is 0 Å². The summed E-state index contributed by atoms with van der Waals surface area (Å²) in [6.45, 7) is 3.26. The maximum absolute atomic E-state index is 9.26. The summed E-state index contributed by atoms with van der Waals surface area (Å²) >= 11 is 0. The van der Waals surface area contributed by atoms with E-state index in [-0.39, 0.29) is 6.42 Å². The Morgan fingerprint density at radius 2 is 2.21 bits per heavy atom. The number of carbonyl (C=O) groups excluding carboxylic acids is 1. The van der Waals surface area contributed by atoms with Crippen molar-refractivity contribution >= 4 is 5.97 Å². The van der Waals surface area contributed by atoms with Crippen LogP contribution in [0.3, 0.4) is 0 Å². The molecule has 1 atom stereocenters. The van der Waals surface area contributed by atoms with Crippen LogP contribution in [0.1, 0.15) is 26.5 Å².